The topological polar surface area (TPSA) is 30.5 Å². The molecule has 0 aromatic carbocycles. The summed E-state index contributed by atoms with van der Waals surface area (Å²) in [5.41, 5.74) is 0. The molecular formula is C10H21NO2. The largest absolute Gasteiger partial charge is 0.381 e. The molecule has 78 valence electrons. The molecule has 1 fully saturated rings. The summed E-state index contributed by atoms with van der Waals surface area (Å²) in [6, 6.07) is 0. The third-order valence-corrected chi connectivity index (χ3v) is 2.31. The van der Waals surface area contributed by atoms with E-state index in [-0.39, 0.29) is 0 Å². The van der Waals surface area contributed by atoms with E-state index in [1.165, 1.54) is 12.8 Å². The van der Waals surface area contributed by atoms with E-state index in [0.717, 1.165) is 45.4 Å². The van der Waals surface area contributed by atoms with Gasteiger partial charge in [-0.15, -0.1) is 0 Å². The minimum atomic E-state index is 0.718. The van der Waals surface area contributed by atoms with Crippen LogP contribution in [0.3, 0.4) is 0 Å². The van der Waals surface area contributed by atoms with Crippen LogP contribution in [0.5, 0.6) is 0 Å². The zero-order valence-corrected chi connectivity index (χ0v) is 8.55. The summed E-state index contributed by atoms with van der Waals surface area (Å²) in [5.74, 6) is 0.718. The highest BCUT2D eigenvalue weighted by Gasteiger charge is 2.12. The van der Waals surface area contributed by atoms with E-state index in [4.69, 9.17) is 9.47 Å². The molecule has 0 spiro atoms. The second kappa shape index (κ2) is 7.30. The van der Waals surface area contributed by atoms with Gasteiger partial charge in [0.25, 0.3) is 0 Å². The van der Waals surface area contributed by atoms with Crippen LogP contribution in [0.4, 0.5) is 0 Å². The predicted molar refractivity (Wildman–Crippen MR) is 52.9 cm³/mol. The maximum absolute atomic E-state index is 5.39. The maximum Gasteiger partial charge on any atom is 0.0590 e. The molecule has 1 heterocycles. The third kappa shape index (κ3) is 5.24. The Kier molecular flexibility index (Phi) is 6.15. The van der Waals surface area contributed by atoms with Gasteiger partial charge in [-0.05, 0) is 25.7 Å². The molecule has 0 saturated carbocycles. The Morgan fingerprint density at radius 3 is 3.15 bits per heavy atom. The molecule has 1 aliphatic heterocycles. The first-order valence-corrected chi connectivity index (χ1v) is 5.29. The van der Waals surface area contributed by atoms with E-state index in [1.807, 2.05) is 6.92 Å². The summed E-state index contributed by atoms with van der Waals surface area (Å²) in [5, 5.41) is 3.38. The first-order chi connectivity index (χ1) is 6.43. The molecule has 0 aliphatic carbocycles. The molecule has 13 heavy (non-hydrogen) atoms. The van der Waals surface area contributed by atoms with E-state index in [1.54, 1.807) is 0 Å². The highest BCUT2D eigenvalue weighted by molar-refractivity contribution is 4.65. The van der Waals surface area contributed by atoms with Gasteiger partial charge >= 0.3 is 0 Å². The molecule has 0 aromatic rings. The van der Waals surface area contributed by atoms with Crippen molar-refractivity contribution in [3.63, 3.8) is 0 Å². The average Bonchev–Trinajstić information content (AvgIpc) is 2.19. The fourth-order valence-electron chi connectivity index (χ4n) is 1.56. The van der Waals surface area contributed by atoms with Crippen molar-refractivity contribution >= 4 is 0 Å². The molecule has 0 radical (unpaired) electrons. The van der Waals surface area contributed by atoms with Crippen LogP contribution in [-0.4, -0.2) is 39.5 Å². The lowest BCUT2D eigenvalue weighted by Crippen LogP contribution is -2.31. The summed E-state index contributed by atoms with van der Waals surface area (Å²) in [4.78, 5) is 0. The van der Waals surface area contributed by atoms with Crippen molar-refractivity contribution in [1.82, 2.24) is 5.32 Å². The third-order valence-electron chi connectivity index (χ3n) is 2.31. The number of hydrogen-bond donors (Lipinski definition) is 1. The molecule has 0 bridgehead atoms. The normalized spacial score (nSPS) is 23.3. The quantitative estimate of drug-likeness (QED) is 0.630. The molecule has 1 unspecified atom stereocenters. The average molecular weight is 187 g/mol. The van der Waals surface area contributed by atoms with Crippen LogP contribution < -0.4 is 5.32 Å². The minimum absolute atomic E-state index is 0.718. The molecule has 3 nitrogen and oxygen atoms in total. The Morgan fingerprint density at radius 1 is 1.54 bits per heavy atom. The standard InChI is InChI=1S/C10H21NO2/c1-2-12-7-5-11-8-10-4-3-6-13-9-10/h10-11H,2-9H2,1H3. The fourth-order valence-corrected chi connectivity index (χ4v) is 1.56. The Bertz CT molecular complexity index is 113. The van der Waals surface area contributed by atoms with Crippen LogP contribution in [-0.2, 0) is 9.47 Å². The minimum Gasteiger partial charge on any atom is -0.381 e. The molecule has 0 amide bonds. The van der Waals surface area contributed by atoms with Crippen molar-refractivity contribution in [3.05, 3.63) is 0 Å². The first kappa shape index (κ1) is 11.0. The summed E-state index contributed by atoms with van der Waals surface area (Å²) in [7, 11) is 0. The number of hydrogen-bond acceptors (Lipinski definition) is 3. The number of nitrogens with one attached hydrogen (secondary N) is 1. The van der Waals surface area contributed by atoms with E-state index in [9.17, 15) is 0 Å². The van der Waals surface area contributed by atoms with Gasteiger partial charge in [0.2, 0.25) is 0 Å². The van der Waals surface area contributed by atoms with E-state index < -0.39 is 0 Å². The van der Waals surface area contributed by atoms with Crippen molar-refractivity contribution in [2.75, 3.05) is 39.5 Å². The van der Waals surface area contributed by atoms with Gasteiger partial charge in [-0.3, -0.25) is 0 Å². The van der Waals surface area contributed by atoms with Crippen molar-refractivity contribution in [2.24, 2.45) is 5.92 Å². The molecule has 3 heteroatoms. The zero-order chi connectivity index (χ0) is 9.36. The smallest absolute Gasteiger partial charge is 0.0590 e. The van der Waals surface area contributed by atoms with Crippen LogP contribution in [0, 0.1) is 5.92 Å². The summed E-state index contributed by atoms with van der Waals surface area (Å²) in [6.07, 6.45) is 2.53. The highest BCUT2D eigenvalue weighted by atomic mass is 16.5. The second-order valence-electron chi connectivity index (χ2n) is 3.48. The lowest BCUT2D eigenvalue weighted by Gasteiger charge is -2.22. The fraction of sp³-hybridized carbons (Fsp3) is 1.00. The number of ether oxygens (including phenoxy) is 2. The molecule has 1 rings (SSSR count). The Morgan fingerprint density at radius 2 is 2.46 bits per heavy atom. The van der Waals surface area contributed by atoms with Gasteiger partial charge in [-0.25, -0.2) is 0 Å². The van der Waals surface area contributed by atoms with Crippen molar-refractivity contribution < 1.29 is 9.47 Å². The van der Waals surface area contributed by atoms with E-state index in [0.29, 0.717) is 0 Å². The lowest BCUT2D eigenvalue weighted by atomic mass is 10.0. The van der Waals surface area contributed by atoms with E-state index in [2.05, 4.69) is 5.32 Å². The number of rotatable bonds is 6. The highest BCUT2D eigenvalue weighted by Crippen LogP contribution is 2.11. The van der Waals surface area contributed by atoms with Crippen molar-refractivity contribution in [3.8, 4) is 0 Å². The van der Waals surface area contributed by atoms with Crippen LogP contribution in [0.15, 0.2) is 0 Å². The Hall–Kier alpha value is -0.120. The lowest BCUT2D eigenvalue weighted by molar-refractivity contribution is 0.0537. The molecule has 1 aliphatic rings. The van der Waals surface area contributed by atoms with E-state index >= 15 is 0 Å². The van der Waals surface area contributed by atoms with Crippen molar-refractivity contribution in [2.45, 2.75) is 19.8 Å². The van der Waals surface area contributed by atoms with Gasteiger partial charge < -0.3 is 14.8 Å². The van der Waals surface area contributed by atoms with Gasteiger partial charge in [0.1, 0.15) is 0 Å². The molecule has 1 N–H and O–H groups in total. The monoisotopic (exact) mass is 187 g/mol. The van der Waals surface area contributed by atoms with Gasteiger partial charge in [0.15, 0.2) is 0 Å². The maximum atomic E-state index is 5.39. The van der Waals surface area contributed by atoms with Crippen LogP contribution in [0.2, 0.25) is 0 Å². The van der Waals surface area contributed by atoms with Crippen molar-refractivity contribution in [1.29, 1.82) is 0 Å². The molecule has 1 atom stereocenters. The Balaban J connectivity index is 1.86. The molecular weight excluding hydrogens is 166 g/mol. The van der Waals surface area contributed by atoms with Gasteiger partial charge in [0, 0.05) is 26.3 Å². The molecule has 0 aromatic heterocycles. The SMILES string of the molecule is CCOCCNCC1CCCOC1. The molecule has 1 saturated heterocycles. The first-order valence-electron chi connectivity index (χ1n) is 5.29. The second-order valence-corrected chi connectivity index (χ2v) is 3.48. The van der Waals surface area contributed by atoms with Crippen LogP contribution >= 0.6 is 0 Å². The van der Waals surface area contributed by atoms with Gasteiger partial charge in [-0.1, -0.05) is 0 Å². The van der Waals surface area contributed by atoms with Crippen LogP contribution in [0.1, 0.15) is 19.8 Å². The predicted octanol–water partition coefficient (Wildman–Crippen LogP) is 1.04. The summed E-state index contributed by atoms with van der Waals surface area (Å²) >= 11 is 0. The van der Waals surface area contributed by atoms with Gasteiger partial charge in [-0.2, -0.15) is 0 Å². The van der Waals surface area contributed by atoms with Gasteiger partial charge in [0.05, 0.1) is 13.2 Å². The summed E-state index contributed by atoms with van der Waals surface area (Å²) < 4.78 is 10.6. The zero-order valence-electron chi connectivity index (χ0n) is 8.55. The Labute approximate surface area is 80.8 Å². The van der Waals surface area contributed by atoms with Crippen LogP contribution in [0.25, 0.3) is 0 Å². The summed E-state index contributed by atoms with van der Waals surface area (Å²) in [6.45, 7) is 7.59.